The highest BCUT2D eigenvalue weighted by molar-refractivity contribution is 5.17. The first-order valence-corrected chi connectivity index (χ1v) is 8.55. The Bertz CT molecular complexity index is 332. The number of rotatable bonds is 12. The second-order valence-corrected chi connectivity index (χ2v) is 6.05. The standard InChI is InChI=1S/C18H33NO/c1-3-4-5-6-7-8-9-10-11-12-13-17(19)18-16(2)14-15-20-18/h14-15,17H,3-13,19H2,1-2H3. The van der Waals surface area contributed by atoms with Crippen LogP contribution in [0.5, 0.6) is 0 Å². The molecule has 1 rings (SSSR count). The molecular weight excluding hydrogens is 246 g/mol. The molecule has 0 aliphatic rings. The maximum Gasteiger partial charge on any atom is 0.123 e. The van der Waals surface area contributed by atoms with E-state index >= 15 is 0 Å². The van der Waals surface area contributed by atoms with E-state index in [0.29, 0.717) is 0 Å². The quantitative estimate of drug-likeness (QED) is 0.484. The van der Waals surface area contributed by atoms with E-state index < -0.39 is 0 Å². The van der Waals surface area contributed by atoms with Gasteiger partial charge in [-0.05, 0) is 25.0 Å². The lowest BCUT2D eigenvalue weighted by Crippen LogP contribution is -2.10. The van der Waals surface area contributed by atoms with E-state index in [1.165, 1.54) is 69.8 Å². The number of aryl methyl sites for hydroxylation is 1. The minimum absolute atomic E-state index is 0.0824. The summed E-state index contributed by atoms with van der Waals surface area (Å²) in [6, 6.07) is 2.08. The minimum Gasteiger partial charge on any atom is -0.467 e. The van der Waals surface area contributed by atoms with E-state index in [9.17, 15) is 0 Å². The van der Waals surface area contributed by atoms with E-state index in [-0.39, 0.29) is 6.04 Å². The maximum absolute atomic E-state index is 6.16. The lowest BCUT2D eigenvalue weighted by Gasteiger charge is -2.09. The number of unbranched alkanes of at least 4 members (excludes halogenated alkanes) is 9. The smallest absolute Gasteiger partial charge is 0.123 e. The van der Waals surface area contributed by atoms with Gasteiger partial charge in [-0.25, -0.2) is 0 Å². The van der Waals surface area contributed by atoms with Gasteiger partial charge in [-0.2, -0.15) is 0 Å². The zero-order chi connectivity index (χ0) is 14.6. The Labute approximate surface area is 125 Å². The van der Waals surface area contributed by atoms with Crippen LogP contribution in [0, 0.1) is 6.92 Å². The van der Waals surface area contributed by atoms with Crippen LogP contribution in [0.25, 0.3) is 0 Å². The van der Waals surface area contributed by atoms with Crippen molar-refractivity contribution in [3.63, 3.8) is 0 Å². The third kappa shape index (κ3) is 7.14. The molecule has 1 unspecified atom stereocenters. The van der Waals surface area contributed by atoms with Crippen molar-refractivity contribution in [3.8, 4) is 0 Å². The second-order valence-electron chi connectivity index (χ2n) is 6.05. The summed E-state index contributed by atoms with van der Waals surface area (Å²) in [4.78, 5) is 0. The molecule has 2 heteroatoms. The Balaban J connectivity index is 1.91. The van der Waals surface area contributed by atoms with E-state index in [4.69, 9.17) is 10.2 Å². The Morgan fingerprint density at radius 3 is 2.00 bits per heavy atom. The highest BCUT2D eigenvalue weighted by Gasteiger charge is 2.11. The van der Waals surface area contributed by atoms with Gasteiger partial charge in [0.15, 0.2) is 0 Å². The first-order chi connectivity index (χ1) is 9.75. The molecule has 1 atom stereocenters. The predicted octanol–water partition coefficient (Wildman–Crippen LogP) is 5.90. The van der Waals surface area contributed by atoms with Crippen LogP contribution in [0.15, 0.2) is 16.7 Å². The van der Waals surface area contributed by atoms with Crippen molar-refractivity contribution in [3.05, 3.63) is 23.7 Å². The average molecular weight is 279 g/mol. The lowest BCUT2D eigenvalue weighted by atomic mass is 10.0. The molecule has 0 radical (unpaired) electrons. The molecule has 0 aromatic carbocycles. The molecule has 0 aliphatic heterocycles. The summed E-state index contributed by atoms with van der Waals surface area (Å²) in [6.07, 6.45) is 16.5. The fourth-order valence-corrected chi connectivity index (χ4v) is 2.75. The molecule has 0 amide bonds. The second kappa shape index (κ2) is 11.0. The van der Waals surface area contributed by atoms with Crippen LogP contribution in [-0.4, -0.2) is 0 Å². The Morgan fingerprint density at radius 1 is 0.950 bits per heavy atom. The molecule has 0 fully saturated rings. The van der Waals surface area contributed by atoms with Crippen LogP contribution in [0.4, 0.5) is 0 Å². The summed E-state index contributed by atoms with van der Waals surface area (Å²) in [6.45, 7) is 4.34. The number of furan rings is 1. The Morgan fingerprint density at radius 2 is 1.50 bits per heavy atom. The highest BCUT2D eigenvalue weighted by Crippen LogP contribution is 2.22. The molecule has 116 valence electrons. The fourth-order valence-electron chi connectivity index (χ4n) is 2.75. The van der Waals surface area contributed by atoms with E-state index in [0.717, 1.165) is 12.2 Å². The molecule has 2 nitrogen and oxygen atoms in total. The van der Waals surface area contributed by atoms with Crippen LogP contribution >= 0.6 is 0 Å². The first-order valence-electron chi connectivity index (χ1n) is 8.55. The van der Waals surface area contributed by atoms with Gasteiger partial charge in [-0.3, -0.25) is 0 Å². The van der Waals surface area contributed by atoms with Crippen LogP contribution in [0.3, 0.4) is 0 Å². The molecule has 0 saturated heterocycles. The van der Waals surface area contributed by atoms with Gasteiger partial charge in [0.2, 0.25) is 0 Å². The summed E-state index contributed by atoms with van der Waals surface area (Å²) < 4.78 is 5.44. The van der Waals surface area contributed by atoms with Crippen molar-refractivity contribution in [1.29, 1.82) is 0 Å². The van der Waals surface area contributed by atoms with Crippen molar-refractivity contribution < 1.29 is 4.42 Å². The predicted molar refractivity (Wildman–Crippen MR) is 86.8 cm³/mol. The van der Waals surface area contributed by atoms with Gasteiger partial charge in [0.25, 0.3) is 0 Å². The van der Waals surface area contributed by atoms with Gasteiger partial charge >= 0.3 is 0 Å². The van der Waals surface area contributed by atoms with Crippen molar-refractivity contribution >= 4 is 0 Å². The van der Waals surface area contributed by atoms with Gasteiger partial charge in [0, 0.05) is 0 Å². The molecule has 1 aromatic heterocycles. The molecule has 2 N–H and O–H groups in total. The van der Waals surface area contributed by atoms with Gasteiger partial charge in [0.1, 0.15) is 5.76 Å². The fraction of sp³-hybridized carbons (Fsp3) is 0.778. The van der Waals surface area contributed by atoms with Crippen molar-refractivity contribution in [1.82, 2.24) is 0 Å². The number of nitrogens with two attached hydrogens (primary N) is 1. The summed E-state index contributed by atoms with van der Waals surface area (Å²) in [5.41, 5.74) is 7.34. The van der Waals surface area contributed by atoms with Crippen molar-refractivity contribution in [2.45, 2.75) is 90.5 Å². The summed E-state index contributed by atoms with van der Waals surface area (Å²) in [5.74, 6) is 0.973. The molecule has 1 aromatic rings. The largest absolute Gasteiger partial charge is 0.467 e. The maximum atomic E-state index is 6.16. The van der Waals surface area contributed by atoms with E-state index in [1.54, 1.807) is 6.26 Å². The van der Waals surface area contributed by atoms with Crippen molar-refractivity contribution in [2.75, 3.05) is 0 Å². The molecule has 0 bridgehead atoms. The highest BCUT2D eigenvalue weighted by atomic mass is 16.3. The first kappa shape index (κ1) is 17.3. The van der Waals surface area contributed by atoms with Crippen LogP contribution < -0.4 is 5.73 Å². The average Bonchev–Trinajstić information content (AvgIpc) is 2.87. The SMILES string of the molecule is CCCCCCCCCCCCC(N)c1occc1C. The van der Waals surface area contributed by atoms with Crippen LogP contribution in [0.2, 0.25) is 0 Å². The van der Waals surface area contributed by atoms with Gasteiger partial charge < -0.3 is 10.2 Å². The third-order valence-electron chi connectivity index (χ3n) is 4.11. The Hall–Kier alpha value is -0.760. The Kier molecular flexibility index (Phi) is 9.48. The van der Waals surface area contributed by atoms with E-state index in [1.807, 2.05) is 6.07 Å². The molecular formula is C18H33NO. The normalized spacial score (nSPS) is 12.8. The lowest BCUT2D eigenvalue weighted by molar-refractivity contribution is 0.435. The summed E-state index contributed by atoms with van der Waals surface area (Å²) in [5, 5.41) is 0. The molecule has 20 heavy (non-hydrogen) atoms. The monoisotopic (exact) mass is 279 g/mol. The molecule has 1 heterocycles. The molecule has 0 aliphatic carbocycles. The minimum atomic E-state index is 0.0824. The van der Waals surface area contributed by atoms with E-state index in [2.05, 4.69) is 13.8 Å². The van der Waals surface area contributed by atoms with Crippen molar-refractivity contribution in [2.24, 2.45) is 5.73 Å². The zero-order valence-electron chi connectivity index (χ0n) is 13.5. The number of hydrogen-bond acceptors (Lipinski definition) is 2. The van der Waals surface area contributed by atoms with Crippen LogP contribution in [-0.2, 0) is 0 Å². The molecule has 0 saturated carbocycles. The summed E-state index contributed by atoms with van der Waals surface area (Å²) >= 11 is 0. The topological polar surface area (TPSA) is 39.2 Å². The summed E-state index contributed by atoms with van der Waals surface area (Å²) in [7, 11) is 0. The van der Waals surface area contributed by atoms with Gasteiger partial charge in [0.05, 0.1) is 12.3 Å². The van der Waals surface area contributed by atoms with Crippen LogP contribution in [0.1, 0.15) is 94.9 Å². The van der Waals surface area contributed by atoms with Gasteiger partial charge in [-0.1, -0.05) is 71.1 Å². The zero-order valence-corrected chi connectivity index (χ0v) is 13.5. The van der Waals surface area contributed by atoms with Gasteiger partial charge in [-0.15, -0.1) is 0 Å². The molecule has 0 spiro atoms. The third-order valence-corrected chi connectivity index (χ3v) is 4.11. The number of hydrogen-bond donors (Lipinski definition) is 1.